The maximum Gasteiger partial charge on any atom is 0.250 e. The Hall–Kier alpha value is -2.87. The minimum absolute atomic E-state index is 0. The van der Waals surface area contributed by atoms with Gasteiger partial charge in [0.05, 0.1) is 30.9 Å². The Labute approximate surface area is 211 Å². The number of piperidine rings is 1. The third-order valence-corrected chi connectivity index (χ3v) is 5.74. The Bertz CT molecular complexity index is 1130. The largest absolute Gasteiger partial charge is 0.495 e. The monoisotopic (exact) mass is 509 g/mol. The maximum atomic E-state index is 13.3. The molecule has 6 nitrogen and oxygen atoms in total. The molecule has 0 bridgehead atoms. The van der Waals surface area contributed by atoms with Crippen LogP contribution in [0.4, 0.5) is 4.39 Å². The van der Waals surface area contributed by atoms with Gasteiger partial charge in [-0.05, 0) is 68.2 Å². The number of carbonyl (C=O) groups excluding carboxylic acids is 1. The molecule has 9 heteroatoms. The molecule has 2 aromatic carbocycles. The molecule has 0 saturated carbocycles. The average molecular weight is 510 g/mol. The lowest BCUT2D eigenvalue weighted by Gasteiger charge is -2.34. The first-order chi connectivity index (χ1) is 15.0. The molecule has 2 heterocycles. The summed E-state index contributed by atoms with van der Waals surface area (Å²) in [7, 11) is 1.64. The molecule has 1 aliphatic heterocycles. The molecule has 1 aliphatic rings. The summed E-state index contributed by atoms with van der Waals surface area (Å²) in [6.07, 6.45) is 7.26. The maximum absolute atomic E-state index is 13.3. The van der Waals surface area contributed by atoms with Gasteiger partial charge in [-0.25, -0.2) is 9.37 Å². The van der Waals surface area contributed by atoms with Crippen LogP contribution >= 0.6 is 24.8 Å². The molecule has 0 aliphatic carbocycles. The van der Waals surface area contributed by atoms with Crippen molar-refractivity contribution in [2.75, 3.05) is 13.7 Å². The van der Waals surface area contributed by atoms with Crippen molar-refractivity contribution in [2.45, 2.75) is 32.7 Å². The molecule has 4 rings (SSSR count). The van der Waals surface area contributed by atoms with E-state index in [4.69, 9.17) is 4.74 Å². The summed E-state index contributed by atoms with van der Waals surface area (Å²) in [4.78, 5) is 19.3. The van der Waals surface area contributed by atoms with Gasteiger partial charge in [-0.15, -0.1) is 24.8 Å². The normalized spacial score (nSPS) is 15.1. The molecular formula is C25H30Cl2FN3O3. The Morgan fingerprint density at radius 2 is 1.85 bits per heavy atom. The first kappa shape index (κ1) is 29.2. The van der Waals surface area contributed by atoms with Crippen LogP contribution in [-0.2, 0) is 4.79 Å². The van der Waals surface area contributed by atoms with Gasteiger partial charge in [0, 0.05) is 18.3 Å². The van der Waals surface area contributed by atoms with E-state index in [2.05, 4.69) is 4.98 Å². The predicted octanol–water partition coefficient (Wildman–Crippen LogP) is 5.11. The first-order valence-corrected chi connectivity index (χ1v) is 10.4. The number of carbonyl (C=O) groups is 1. The van der Waals surface area contributed by atoms with Gasteiger partial charge in [-0.3, -0.25) is 4.79 Å². The second-order valence-electron chi connectivity index (χ2n) is 7.85. The minimum atomic E-state index is -0.273. The molecule has 1 saturated heterocycles. The lowest BCUT2D eigenvalue weighted by atomic mass is 9.97. The predicted molar refractivity (Wildman–Crippen MR) is 137 cm³/mol. The Morgan fingerprint density at radius 3 is 2.47 bits per heavy atom. The van der Waals surface area contributed by atoms with Crippen molar-refractivity contribution < 1.29 is 19.4 Å². The van der Waals surface area contributed by atoms with E-state index in [9.17, 15) is 9.18 Å². The molecule has 1 fully saturated rings. The summed E-state index contributed by atoms with van der Waals surface area (Å²) in [5.41, 5.74) is 4.44. The van der Waals surface area contributed by atoms with Crippen molar-refractivity contribution in [3.63, 3.8) is 0 Å². The second kappa shape index (κ2) is 12.6. The fourth-order valence-electron chi connectivity index (χ4n) is 4.01. The Kier molecular flexibility index (Phi) is 10.8. The number of aromatic nitrogens is 2. The zero-order valence-electron chi connectivity index (χ0n) is 19.3. The van der Waals surface area contributed by atoms with Crippen LogP contribution in [0.25, 0.3) is 11.8 Å². The highest BCUT2D eigenvalue weighted by atomic mass is 35.5. The number of benzene rings is 2. The zero-order chi connectivity index (χ0) is 22.0. The van der Waals surface area contributed by atoms with Crippen molar-refractivity contribution >= 4 is 36.8 Å². The van der Waals surface area contributed by atoms with Crippen LogP contribution in [0.15, 0.2) is 60.6 Å². The smallest absolute Gasteiger partial charge is 0.250 e. The van der Waals surface area contributed by atoms with E-state index in [1.807, 2.05) is 53.8 Å². The first-order valence-electron chi connectivity index (χ1n) is 10.4. The van der Waals surface area contributed by atoms with Crippen LogP contribution in [0.5, 0.6) is 5.75 Å². The fraction of sp³-hybridized carbons (Fsp3) is 0.280. The zero-order valence-corrected chi connectivity index (χ0v) is 21.0. The highest BCUT2D eigenvalue weighted by Gasteiger charge is 2.28. The molecule has 2 N–H and O–H groups in total. The van der Waals surface area contributed by atoms with Crippen LogP contribution in [0, 0.1) is 12.7 Å². The van der Waals surface area contributed by atoms with Crippen LogP contribution in [0.2, 0.25) is 0 Å². The summed E-state index contributed by atoms with van der Waals surface area (Å²) >= 11 is 0. The van der Waals surface area contributed by atoms with E-state index >= 15 is 0 Å². The quantitative estimate of drug-likeness (QED) is 0.448. The van der Waals surface area contributed by atoms with Gasteiger partial charge in [0.25, 0.3) is 0 Å². The number of likely N-dealkylation sites (tertiary alicyclic amines) is 1. The molecule has 0 radical (unpaired) electrons. The summed E-state index contributed by atoms with van der Waals surface area (Å²) in [5.74, 6) is 0.465. The number of imidazole rings is 1. The standard InChI is InChI=1S/C25H26FN3O2.2ClH.H2O/c1-17-15-28(16-27-17)23-11-6-19(14-24(23)31-3)13-21-5-4-12-29(25(21)30)18(2)20-7-9-22(26)10-8-20;;;/h6-11,13-16,18H,4-5,12H2,1-3H3;2*1H;1H2/b21-13+;;;/t18-;;;/m0.../s1. The van der Waals surface area contributed by atoms with E-state index in [0.29, 0.717) is 12.3 Å². The second-order valence-corrected chi connectivity index (χ2v) is 7.85. The van der Waals surface area contributed by atoms with Gasteiger partial charge >= 0.3 is 0 Å². The minimum Gasteiger partial charge on any atom is -0.495 e. The molecule has 0 spiro atoms. The number of hydrogen-bond donors (Lipinski definition) is 0. The lowest BCUT2D eigenvalue weighted by molar-refractivity contribution is -0.130. The van der Waals surface area contributed by atoms with Gasteiger partial charge in [-0.2, -0.15) is 0 Å². The average Bonchev–Trinajstić information content (AvgIpc) is 3.21. The molecule has 0 unspecified atom stereocenters. The van der Waals surface area contributed by atoms with Crippen LogP contribution in [-0.4, -0.2) is 39.5 Å². The Morgan fingerprint density at radius 1 is 1.15 bits per heavy atom. The number of rotatable bonds is 5. The van der Waals surface area contributed by atoms with Gasteiger partial charge < -0.3 is 19.7 Å². The molecule has 34 heavy (non-hydrogen) atoms. The van der Waals surface area contributed by atoms with Crippen molar-refractivity contribution in [2.24, 2.45) is 0 Å². The number of hydrogen-bond acceptors (Lipinski definition) is 3. The molecule has 184 valence electrons. The molecule has 1 atom stereocenters. The van der Waals surface area contributed by atoms with Gasteiger partial charge in [0.2, 0.25) is 5.91 Å². The highest BCUT2D eigenvalue weighted by Crippen LogP contribution is 2.30. The number of aryl methyl sites for hydroxylation is 1. The number of methoxy groups -OCH3 is 1. The molecular weight excluding hydrogens is 480 g/mol. The summed E-state index contributed by atoms with van der Waals surface area (Å²) < 4.78 is 20.8. The van der Waals surface area contributed by atoms with E-state index in [-0.39, 0.29) is 48.1 Å². The lowest BCUT2D eigenvalue weighted by Crippen LogP contribution is -2.38. The fourth-order valence-corrected chi connectivity index (χ4v) is 4.01. The van der Waals surface area contributed by atoms with Gasteiger partial charge in [0.15, 0.2) is 0 Å². The van der Waals surface area contributed by atoms with E-state index in [1.54, 1.807) is 25.6 Å². The molecule has 1 aromatic heterocycles. The number of amides is 1. The van der Waals surface area contributed by atoms with Crippen molar-refractivity contribution in [1.29, 1.82) is 0 Å². The summed E-state index contributed by atoms with van der Waals surface area (Å²) in [6, 6.07) is 12.1. The molecule has 3 aromatic rings. The third kappa shape index (κ3) is 6.17. The van der Waals surface area contributed by atoms with Crippen molar-refractivity contribution in [3.05, 3.63) is 83.2 Å². The number of nitrogens with zero attached hydrogens (tertiary/aromatic N) is 3. The van der Waals surface area contributed by atoms with Crippen LogP contribution in [0.1, 0.15) is 42.6 Å². The van der Waals surface area contributed by atoms with Crippen LogP contribution < -0.4 is 4.74 Å². The van der Waals surface area contributed by atoms with E-state index < -0.39 is 0 Å². The summed E-state index contributed by atoms with van der Waals surface area (Å²) in [5, 5.41) is 0. The number of halogens is 3. The Balaban J connectivity index is 0.00000193. The number of ether oxygens (including phenoxy) is 1. The van der Waals surface area contributed by atoms with E-state index in [1.165, 1.54) is 12.1 Å². The van der Waals surface area contributed by atoms with Gasteiger partial charge in [-0.1, -0.05) is 18.2 Å². The molecule has 1 amide bonds. The SMILES string of the molecule is COc1cc(/C=C2\CCCN([C@@H](C)c3ccc(F)cc3)C2=O)ccc1-n1cnc(C)c1.Cl.Cl.O. The third-order valence-electron chi connectivity index (χ3n) is 5.74. The topological polar surface area (TPSA) is 78.9 Å². The van der Waals surface area contributed by atoms with Crippen molar-refractivity contribution in [1.82, 2.24) is 14.5 Å². The van der Waals surface area contributed by atoms with Crippen molar-refractivity contribution in [3.8, 4) is 11.4 Å². The van der Waals surface area contributed by atoms with Crippen LogP contribution in [0.3, 0.4) is 0 Å². The van der Waals surface area contributed by atoms with E-state index in [0.717, 1.165) is 40.9 Å². The van der Waals surface area contributed by atoms with Gasteiger partial charge in [0.1, 0.15) is 11.6 Å². The summed E-state index contributed by atoms with van der Waals surface area (Å²) in [6.45, 7) is 4.62. The highest BCUT2D eigenvalue weighted by molar-refractivity contribution is 5.98.